The molecule has 2 N–H and O–H groups in total. The van der Waals surface area contributed by atoms with Crippen molar-refractivity contribution in [3.63, 3.8) is 0 Å². The zero-order valence-electron chi connectivity index (χ0n) is 14.4. The van der Waals surface area contributed by atoms with E-state index in [4.69, 9.17) is 0 Å². The van der Waals surface area contributed by atoms with Gasteiger partial charge in [0.1, 0.15) is 5.54 Å². The molecule has 0 amide bonds. The molecule has 0 bridgehead atoms. The van der Waals surface area contributed by atoms with Crippen LogP contribution in [0.2, 0.25) is 0 Å². The zero-order valence-corrected chi connectivity index (χ0v) is 14.4. The first-order valence-corrected chi connectivity index (χ1v) is 8.34. The molecule has 5 nitrogen and oxygen atoms in total. The van der Waals surface area contributed by atoms with E-state index in [-0.39, 0.29) is 6.04 Å². The van der Waals surface area contributed by atoms with E-state index in [2.05, 4.69) is 35.9 Å². The van der Waals surface area contributed by atoms with Crippen molar-refractivity contribution in [3.05, 3.63) is 0 Å². The Morgan fingerprint density at radius 2 is 2.05 bits per heavy atom. The number of nitrogens with zero attached hydrogens (tertiary/aromatic N) is 2. The minimum atomic E-state index is -0.832. The van der Waals surface area contributed by atoms with Crippen molar-refractivity contribution < 1.29 is 9.90 Å². The molecule has 1 rings (SSSR count). The Hall–Kier alpha value is -0.650. The van der Waals surface area contributed by atoms with Crippen LogP contribution in [0, 0.1) is 0 Å². The third-order valence-electron chi connectivity index (χ3n) is 4.89. The summed E-state index contributed by atoms with van der Waals surface area (Å²) in [5.41, 5.74) is -0.832. The van der Waals surface area contributed by atoms with Crippen LogP contribution in [0.4, 0.5) is 0 Å². The fourth-order valence-electron chi connectivity index (χ4n) is 3.55. The third kappa shape index (κ3) is 4.66. The summed E-state index contributed by atoms with van der Waals surface area (Å²) in [6, 6.07) is 0.906. The first-order valence-electron chi connectivity index (χ1n) is 8.34. The maximum absolute atomic E-state index is 11.5. The molecule has 3 atom stereocenters. The van der Waals surface area contributed by atoms with E-state index < -0.39 is 11.5 Å². The van der Waals surface area contributed by atoms with Gasteiger partial charge in [-0.2, -0.15) is 0 Å². The van der Waals surface area contributed by atoms with Gasteiger partial charge in [0.25, 0.3) is 0 Å². The van der Waals surface area contributed by atoms with Crippen molar-refractivity contribution in [1.82, 2.24) is 15.1 Å². The van der Waals surface area contributed by atoms with Gasteiger partial charge in [0.05, 0.1) is 0 Å². The number of carbonyl (C=O) groups is 1. The standard InChI is InChI=1S/C16H33N3O2/c1-6-17-16(5,15(20)21)11-13(4)19-10-9-14(12-19)18(7-2)8-3/h13-14,17H,6-12H2,1-5H3,(H,20,21). The van der Waals surface area contributed by atoms with Crippen molar-refractivity contribution in [1.29, 1.82) is 0 Å². The van der Waals surface area contributed by atoms with Crippen LogP contribution >= 0.6 is 0 Å². The van der Waals surface area contributed by atoms with Gasteiger partial charge in [-0.15, -0.1) is 0 Å². The molecule has 3 unspecified atom stereocenters. The molecule has 0 spiro atoms. The summed E-state index contributed by atoms with van der Waals surface area (Å²) >= 11 is 0. The summed E-state index contributed by atoms with van der Waals surface area (Å²) in [6.07, 6.45) is 1.83. The van der Waals surface area contributed by atoms with Gasteiger partial charge in [-0.05, 0) is 46.3 Å². The second kappa shape index (κ2) is 8.11. The Kier molecular flexibility index (Phi) is 7.10. The van der Waals surface area contributed by atoms with E-state index in [1.165, 1.54) is 6.42 Å². The number of likely N-dealkylation sites (N-methyl/N-ethyl adjacent to an activating group) is 2. The SMILES string of the molecule is CCNC(C)(CC(C)N1CCC(N(CC)CC)C1)C(=O)O. The lowest BCUT2D eigenvalue weighted by Gasteiger charge is -2.34. The van der Waals surface area contributed by atoms with Crippen LogP contribution in [-0.2, 0) is 4.79 Å². The molecule has 0 aromatic carbocycles. The molecule has 124 valence electrons. The third-order valence-corrected chi connectivity index (χ3v) is 4.89. The second-order valence-corrected chi connectivity index (χ2v) is 6.38. The smallest absolute Gasteiger partial charge is 0.323 e. The molecule has 0 radical (unpaired) electrons. The van der Waals surface area contributed by atoms with Gasteiger partial charge >= 0.3 is 5.97 Å². The van der Waals surface area contributed by atoms with E-state index in [1.54, 1.807) is 6.92 Å². The predicted octanol–water partition coefficient (Wildman–Crippen LogP) is 1.63. The van der Waals surface area contributed by atoms with Gasteiger partial charge in [0, 0.05) is 25.2 Å². The summed E-state index contributed by atoms with van der Waals surface area (Å²) in [5.74, 6) is -0.754. The van der Waals surface area contributed by atoms with Crippen LogP contribution in [-0.4, -0.2) is 71.2 Å². The highest BCUT2D eigenvalue weighted by molar-refractivity contribution is 5.78. The van der Waals surface area contributed by atoms with Crippen LogP contribution in [0.5, 0.6) is 0 Å². The molecule has 1 fully saturated rings. The number of carboxylic acid groups (broad SMARTS) is 1. The summed E-state index contributed by atoms with van der Waals surface area (Å²) in [6.45, 7) is 15.3. The topological polar surface area (TPSA) is 55.8 Å². The van der Waals surface area contributed by atoms with Gasteiger partial charge in [-0.1, -0.05) is 20.8 Å². The van der Waals surface area contributed by atoms with Crippen LogP contribution < -0.4 is 5.32 Å². The molecule has 1 heterocycles. The molecule has 0 aromatic rings. The van der Waals surface area contributed by atoms with Crippen LogP contribution in [0.15, 0.2) is 0 Å². The van der Waals surface area contributed by atoms with Crippen molar-refractivity contribution in [2.75, 3.05) is 32.7 Å². The lowest BCUT2D eigenvalue weighted by molar-refractivity contribution is -0.145. The van der Waals surface area contributed by atoms with E-state index >= 15 is 0 Å². The highest BCUT2D eigenvalue weighted by Gasteiger charge is 2.37. The second-order valence-electron chi connectivity index (χ2n) is 6.38. The Bertz CT molecular complexity index is 333. The average Bonchev–Trinajstić information content (AvgIpc) is 2.90. The predicted molar refractivity (Wildman–Crippen MR) is 86.7 cm³/mol. The number of aliphatic carboxylic acids is 1. The summed E-state index contributed by atoms with van der Waals surface area (Å²) in [7, 11) is 0. The fraction of sp³-hybridized carbons (Fsp3) is 0.938. The molecule has 0 saturated carbocycles. The molecule has 0 aromatic heterocycles. The molecule has 21 heavy (non-hydrogen) atoms. The van der Waals surface area contributed by atoms with Gasteiger partial charge in [-0.3, -0.25) is 14.6 Å². The summed E-state index contributed by atoms with van der Waals surface area (Å²) < 4.78 is 0. The van der Waals surface area contributed by atoms with Crippen molar-refractivity contribution >= 4 is 5.97 Å². The Morgan fingerprint density at radius 3 is 2.52 bits per heavy atom. The molecule has 1 aliphatic heterocycles. The van der Waals surface area contributed by atoms with Crippen LogP contribution in [0.25, 0.3) is 0 Å². The Balaban J connectivity index is 2.60. The molecule has 1 saturated heterocycles. The molecular formula is C16H33N3O2. The van der Waals surface area contributed by atoms with Crippen molar-refractivity contribution in [3.8, 4) is 0 Å². The van der Waals surface area contributed by atoms with Gasteiger partial charge in [0.15, 0.2) is 0 Å². The minimum absolute atomic E-state index is 0.283. The first-order chi connectivity index (χ1) is 9.87. The Morgan fingerprint density at radius 1 is 1.43 bits per heavy atom. The minimum Gasteiger partial charge on any atom is -0.480 e. The maximum atomic E-state index is 11.5. The highest BCUT2D eigenvalue weighted by atomic mass is 16.4. The monoisotopic (exact) mass is 299 g/mol. The number of carboxylic acids is 1. The molecule has 0 aliphatic carbocycles. The van der Waals surface area contributed by atoms with Crippen LogP contribution in [0.1, 0.15) is 47.5 Å². The fourth-order valence-corrected chi connectivity index (χ4v) is 3.55. The molecular weight excluding hydrogens is 266 g/mol. The normalized spacial score (nSPS) is 24.2. The Labute approximate surface area is 129 Å². The van der Waals surface area contributed by atoms with Gasteiger partial charge in [-0.25, -0.2) is 0 Å². The first kappa shape index (κ1) is 18.4. The number of rotatable bonds is 9. The summed E-state index contributed by atoms with van der Waals surface area (Å²) in [5, 5.41) is 12.6. The lowest BCUT2D eigenvalue weighted by Crippen LogP contribution is -2.53. The highest BCUT2D eigenvalue weighted by Crippen LogP contribution is 2.23. The average molecular weight is 299 g/mol. The van der Waals surface area contributed by atoms with Gasteiger partial charge < -0.3 is 10.4 Å². The number of hydrogen-bond acceptors (Lipinski definition) is 4. The van der Waals surface area contributed by atoms with E-state index in [1.807, 2.05) is 6.92 Å². The van der Waals surface area contributed by atoms with Crippen molar-refractivity contribution in [2.24, 2.45) is 0 Å². The summed E-state index contributed by atoms with van der Waals surface area (Å²) in [4.78, 5) is 16.5. The molecule has 1 aliphatic rings. The van der Waals surface area contributed by atoms with E-state index in [9.17, 15) is 9.90 Å². The van der Waals surface area contributed by atoms with E-state index in [0.717, 1.165) is 26.2 Å². The largest absolute Gasteiger partial charge is 0.480 e. The quantitative estimate of drug-likeness (QED) is 0.678. The van der Waals surface area contributed by atoms with Crippen LogP contribution in [0.3, 0.4) is 0 Å². The zero-order chi connectivity index (χ0) is 16.0. The van der Waals surface area contributed by atoms with Gasteiger partial charge in [0.2, 0.25) is 0 Å². The lowest BCUT2D eigenvalue weighted by atomic mass is 9.93. The van der Waals surface area contributed by atoms with Crippen molar-refractivity contribution in [2.45, 2.75) is 65.1 Å². The number of nitrogens with one attached hydrogen (secondary N) is 1. The molecule has 5 heteroatoms. The maximum Gasteiger partial charge on any atom is 0.323 e. The van der Waals surface area contributed by atoms with E-state index in [0.29, 0.717) is 19.0 Å². The number of likely N-dealkylation sites (tertiary alicyclic amines) is 1. The number of hydrogen-bond donors (Lipinski definition) is 2.